The SMILES string of the molecule is COc1ccc(CN(C)C(=O)c2ccc3c(c2)ncn3C)cc1. The first-order valence-corrected chi connectivity index (χ1v) is 7.38. The minimum atomic E-state index is -0.0200. The van der Waals surface area contributed by atoms with Crippen molar-refractivity contribution in [3.8, 4) is 5.75 Å². The van der Waals surface area contributed by atoms with Gasteiger partial charge in [0, 0.05) is 26.2 Å². The van der Waals surface area contributed by atoms with Crippen LogP contribution in [0.1, 0.15) is 15.9 Å². The second kappa shape index (κ2) is 6.12. The van der Waals surface area contributed by atoms with Crippen LogP contribution >= 0.6 is 0 Å². The lowest BCUT2D eigenvalue weighted by Crippen LogP contribution is -2.26. The van der Waals surface area contributed by atoms with Crippen LogP contribution in [0.3, 0.4) is 0 Å². The smallest absolute Gasteiger partial charge is 0.253 e. The van der Waals surface area contributed by atoms with Crippen LogP contribution in [0.2, 0.25) is 0 Å². The van der Waals surface area contributed by atoms with Crippen molar-refractivity contribution in [2.75, 3.05) is 14.2 Å². The third kappa shape index (κ3) is 3.04. The molecule has 0 fully saturated rings. The zero-order chi connectivity index (χ0) is 16.4. The molecule has 0 radical (unpaired) electrons. The molecule has 0 N–H and O–H groups in total. The lowest BCUT2D eigenvalue weighted by Gasteiger charge is -2.17. The summed E-state index contributed by atoms with van der Waals surface area (Å²) in [5, 5.41) is 0. The maximum Gasteiger partial charge on any atom is 0.253 e. The maximum atomic E-state index is 12.6. The first-order valence-electron chi connectivity index (χ1n) is 7.38. The van der Waals surface area contributed by atoms with Crippen molar-refractivity contribution >= 4 is 16.9 Å². The zero-order valence-corrected chi connectivity index (χ0v) is 13.5. The Morgan fingerprint density at radius 1 is 1.22 bits per heavy atom. The van der Waals surface area contributed by atoms with Crippen LogP contribution in [0.15, 0.2) is 48.8 Å². The van der Waals surface area contributed by atoms with Crippen LogP contribution < -0.4 is 4.74 Å². The number of aryl methyl sites for hydroxylation is 1. The first kappa shape index (κ1) is 15.1. The highest BCUT2D eigenvalue weighted by Crippen LogP contribution is 2.17. The molecule has 5 heteroatoms. The zero-order valence-electron chi connectivity index (χ0n) is 13.5. The Balaban J connectivity index is 1.77. The predicted octanol–water partition coefficient (Wildman–Crippen LogP) is 2.85. The van der Waals surface area contributed by atoms with E-state index in [4.69, 9.17) is 4.74 Å². The van der Waals surface area contributed by atoms with Crippen molar-refractivity contribution in [1.82, 2.24) is 14.5 Å². The molecule has 0 saturated heterocycles. The van der Waals surface area contributed by atoms with E-state index in [-0.39, 0.29) is 5.91 Å². The van der Waals surface area contributed by atoms with Crippen molar-refractivity contribution in [1.29, 1.82) is 0 Å². The molecule has 3 aromatic rings. The second-order valence-corrected chi connectivity index (χ2v) is 5.57. The standard InChI is InChI=1S/C18H19N3O2/c1-20(11-13-4-7-15(23-3)8-5-13)18(22)14-6-9-17-16(10-14)19-12-21(17)2/h4-10,12H,11H2,1-3H3. The number of ether oxygens (including phenoxy) is 1. The van der Waals surface area contributed by atoms with Crippen LogP contribution in [-0.4, -0.2) is 34.5 Å². The summed E-state index contributed by atoms with van der Waals surface area (Å²) in [5.74, 6) is 0.789. The maximum absolute atomic E-state index is 12.6. The number of hydrogen-bond acceptors (Lipinski definition) is 3. The minimum absolute atomic E-state index is 0.0200. The number of rotatable bonds is 4. The van der Waals surface area contributed by atoms with Gasteiger partial charge in [0.15, 0.2) is 0 Å². The number of fused-ring (bicyclic) bond motifs is 1. The van der Waals surface area contributed by atoms with Gasteiger partial charge in [-0.1, -0.05) is 12.1 Å². The molecule has 0 aliphatic rings. The summed E-state index contributed by atoms with van der Waals surface area (Å²) in [6, 6.07) is 13.3. The number of carbonyl (C=O) groups is 1. The van der Waals surface area contributed by atoms with E-state index < -0.39 is 0 Å². The predicted molar refractivity (Wildman–Crippen MR) is 89.5 cm³/mol. The number of nitrogens with zero attached hydrogens (tertiary/aromatic N) is 3. The number of methoxy groups -OCH3 is 1. The molecule has 3 rings (SSSR count). The van der Waals surface area contributed by atoms with E-state index in [0.29, 0.717) is 12.1 Å². The number of imidazole rings is 1. The van der Waals surface area contributed by atoms with Gasteiger partial charge in [-0.25, -0.2) is 4.98 Å². The molecular weight excluding hydrogens is 290 g/mol. The van der Waals surface area contributed by atoms with Crippen molar-refractivity contribution in [3.63, 3.8) is 0 Å². The summed E-state index contributed by atoms with van der Waals surface area (Å²) in [4.78, 5) is 18.6. The monoisotopic (exact) mass is 309 g/mol. The number of hydrogen-bond donors (Lipinski definition) is 0. The summed E-state index contributed by atoms with van der Waals surface area (Å²) >= 11 is 0. The molecule has 0 unspecified atom stereocenters. The highest BCUT2D eigenvalue weighted by atomic mass is 16.5. The van der Waals surface area contributed by atoms with E-state index in [1.54, 1.807) is 25.4 Å². The molecule has 0 saturated carbocycles. The highest BCUT2D eigenvalue weighted by molar-refractivity contribution is 5.97. The highest BCUT2D eigenvalue weighted by Gasteiger charge is 2.13. The lowest BCUT2D eigenvalue weighted by atomic mass is 10.1. The van der Waals surface area contributed by atoms with Crippen LogP contribution in [0, 0.1) is 0 Å². The summed E-state index contributed by atoms with van der Waals surface area (Å²) in [6.07, 6.45) is 1.75. The molecule has 0 aliphatic carbocycles. The Morgan fingerprint density at radius 2 is 1.96 bits per heavy atom. The average molecular weight is 309 g/mol. The van der Waals surface area contributed by atoms with E-state index in [0.717, 1.165) is 22.3 Å². The van der Waals surface area contributed by atoms with Crippen molar-refractivity contribution < 1.29 is 9.53 Å². The van der Waals surface area contributed by atoms with E-state index in [1.807, 2.05) is 54.1 Å². The van der Waals surface area contributed by atoms with Crippen molar-refractivity contribution in [2.24, 2.45) is 7.05 Å². The Morgan fingerprint density at radius 3 is 2.65 bits per heavy atom. The molecule has 2 aromatic carbocycles. The molecule has 0 bridgehead atoms. The van der Waals surface area contributed by atoms with Crippen LogP contribution in [0.5, 0.6) is 5.75 Å². The van der Waals surface area contributed by atoms with E-state index in [9.17, 15) is 4.79 Å². The molecule has 1 amide bonds. The van der Waals surface area contributed by atoms with E-state index >= 15 is 0 Å². The third-order valence-electron chi connectivity index (χ3n) is 3.90. The fourth-order valence-electron chi connectivity index (χ4n) is 2.57. The van der Waals surface area contributed by atoms with Gasteiger partial charge in [0.25, 0.3) is 5.91 Å². The second-order valence-electron chi connectivity index (χ2n) is 5.57. The Hall–Kier alpha value is -2.82. The summed E-state index contributed by atoms with van der Waals surface area (Å²) in [5.41, 5.74) is 3.54. The quantitative estimate of drug-likeness (QED) is 0.744. The molecule has 0 aliphatic heterocycles. The molecule has 23 heavy (non-hydrogen) atoms. The molecule has 0 atom stereocenters. The van der Waals surface area contributed by atoms with Gasteiger partial charge in [0.05, 0.1) is 24.5 Å². The molecule has 1 heterocycles. The first-order chi connectivity index (χ1) is 11.1. The Kier molecular flexibility index (Phi) is 4.02. The van der Waals surface area contributed by atoms with Crippen molar-refractivity contribution in [3.05, 3.63) is 59.9 Å². The molecular formula is C18H19N3O2. The van der Waals surface area contributed by atoms with Crippen molar-refractivity contribution in [2.45, 2.75) is 6.54 Å². The molecule has 118 valence electrons. The van der Waals surface area contributed by atoms with Gasteiger partial charge in [-0.05, 0) is 35.9 Å². The van der Waals surface area contributed by atoms with Gasteiger partial charge in [-0.15, -0.1) is 0 Å². The fourth-order valence-corrected chi connectivity index (χ4v) is 2.57. The molecule has 5 nitrogen and oxygen atoms in total. The lowest BCUT2D eigenvalue weighted by molar-refractivity contribution is 0.0785. The molecule has 1 aromatic heterocycles. The van der Waals surface area contributed by atoms with Crippen LogP contribution in [0.4, 0.5) is 0 Å². The van der Waals surface area contributed by atoms with E-state index in [2.05, 4.69) is 4.98 Å². The van der Waals surface area contributed by atoms with E-state index in [1.165, 1.54) is 0 Å². The van der Waals surface area contributed by atoms with Gasteiger partial charge in [0.1, 0.15) is 5.75 Å². The summed E-state index contributed by atoms with van der Waals surface area (Å²) < 4.78 is 7.08. The molecule has 0 spiro atoms. The number of benzene rings is 2. The van der Waals surface area contributed by atoms with Crippen LogP contribution in [-0.2, 0) is 13.6 Å². The van der Waals surface area contributed by atoms with Gasteiger partial charge < -0.3 is 14.2 Å². The topological polar surface area (TPSA) is 47.4 Å². The third-order valence-corrected chi connectivity index (χ3v) is 3.90. The minimum Gasteiger partial charge on any atom is -0.497 e. The summed E-state index contributed by atoms with van der Waals surface area (Å²) in [7, 11) is 5.38. The Bertz CT molecular complexity index is 837. The van der Waals surface area contributed by atoms with Gasteiger partial charge >= 0.3 is 0 Å². The average Bonchev–Trinajstić information content (AvgIpc) is 2.95. The number of carbonyl (C=O) groups excluding carboxylic acids is 1. The van der Waals surface area contributed by atoms with Crippen LogP contribution in [0.25, 0.3) is 11.0 Å². The van der Waals surface area contributed by atoms with Gasteiger partial charge in [-0.3, -0.25) is 4.79 Å². The summed E-state index contributed by atoms with van der Waals surface area (Å²) in [6.45, 7) is 0.545. The normalized spacial score (nSPS) is 10.7. The largest absolute Gasteiger partial charge is 0.497 e. The number of aromatic nitrogens is 2. The van der Waals surface area contributed by atoms with Gasteiger partial charge in [0.2, 0.25) is 0 Å². The fraction of sp³-hybridized carbons (Fsp3) is 0.222. The van der Waals surface area contributed by atoms with Gasteiger partial charge in [-0.2, -0.15) is 0 Å². The Labute approximate surface area is 135 Å². The number of amides is 1.